The summed E-state index contributed by atoms with van der Waals surface area (Å²) in [4.78, 5) is 45.7. The Morgan fingerprint density at radius 3 is 2.35 bits per heavy atom. The van der Waals surface area contributed by atoms with Crippen LogP contribution in [0.15, 0.2) is 75.2 Å². The van der Waals surface area contributed by atoms with Crippen LogP contribution in [0.1, 0.15) is 81.5 Å². The zero-order valence-electron chi connectivity index (χ0n) is 29.2. The van der Waals surface area contributed by atoms with Crippen molar-refractivity contribution in [3.63, 3.8) is 0 Å². The quantitative estimate of drug-likeness (QED) is 0.0822. The van der Waals surface area contributed by atoms with Crippen LogP contribution >= 0.6 is 11.8 Å². The first-order chi connectivity index (χ1) is 24.3. The van der Waals surface area contributed by atoms with Crippen molar-refractivity contribution in [1.29, 1.82) is 0 Å². The number of carbonyl (C=O) groups is 3. The van der Waals surface area contributed by atoms with E-state index in [2.05, 4.69) is 20.7 Å². The van der Waals surface area contributed by atoms with E-state index in [0.717, 1.165) is 29.3 Å². The number of amides is 2. The van der Waals surface area contributed by atoms with Gasteiger partial charge in [0.1, 0.15) is 5.69 Å². The molecule has 0 spiro atoms. The molecule has 5 rings (SSSR count). The second-order valence-electron chi connectivity index (χ2n) is 11.1. The van der Waals surface area contributed by atoms with Gasteiger partial charge in [0.05, 0.1) is 13.1 Å². The summed E-state index contributed by atoms with van der Waals surface area (Å²) < 4.78 is 13.3. The van der Waals surface area contributed by atoms with Gasteiger partial charge < -0.3 is 39.2 Å². The molecular weight excluding hydrogens is 678 g/mol. The van der Waals surface area contributed by atoms with E-state index in [-0.39, 0.29) is 22.8 Å². The van der Waals surface area contributed by atoms with E-state index < -0.39 is 24.0 Å². The van der Waals surface area contributed by atoms with Crippen LogP contribution in [0.2, 0.25) is 0 Å². The number of nitrogens with one attached hydrogen (secondary N) is 2. The normalized spacial score (nSPS) is 11.6. The summed E-state index contributed by atoms with van der Waals surface area (Å²) >= 11 is 1.07. The van der Waals surface area contributed by atoms with Crippen molar-refractivity contribution in [2.45, 2.75) is 53.2 Å². The Morgan fingerprint density at radius 2 is 1.75 bits per heavy atom. The van der Waals surface area contributed by atoms with Gasteiger partial charge in [-0.05, 0) is 61.9 Å². The third-order valence-electron chi connectivity index (χ3n) is 7.62. The predicted molar refractivity (Wildman–Crippen MR) is 192 cm³/mol. The molecule has 0 radical (unpaired) electrons. The van der Waals surface area contributed by atoms with E-state index in [0.29, 0.717) is 45.7 Å². The lowest BCUT2D eigenvalue weighted by molar-refractivity contribution is -0.380. The number of rotatable bonds is 11. The van der Waals surface area contributed by atoms with E-state index in [1.807, 2.05) is 63.9 Å². The van der Waals surface area contributed by atoms with Gasteiger partial charge in [-0.3, -0.25) is 14.4 Å². The molecule has 2 amide bonds. The van der Waals surface area contributed by atoms with Crippen molar-refractivity contribution >= 4 is 47.1 Å². The molecule has 15 nitrogen and oxygen atoms in total. The van der Waals surface area contributed by atoms with Gasteiger partial charge in [-0.1, -0.05) is 26.8 Å². The highest BCUT2D eigenvalue weighted by Gasteiger charge is 2.28. The molecule has 2 aromatic carbocycles. The Kier molecular flexibility index (Phi) is 12.3. The summed E-state index contributed by atoms with van der Waals surface area (Å²) in [5.74, 6) is -0.0292. The molecule has 5 N–H and O–H groups in total. The van der Waals surface area contributed by atoms with Crippen LogP contribution in [0.5, 0.6) is 0 Å². The highest BCUT2D eigenvalue weighted by Crippen LogP contribution is 2.34. The molecule has 0 saturated carbocycles. The number of aliphatic hydroxyl groups is 3. The molecule has 3 aromatic heterocycles. The molecule has 0 aliphatic carbocycles. The van der Waals surface area contributed by atoms with Crippen LogP contribution in [0.3, 0.4) is 0 Å². The fourth-order valence-corrected chi connectivity index (χ4v) is 5.89. The summed E-state index contributed by atoms with van der Waals surface area (Å²) in [6, 6.07) is 16.2. The van der Waals surface area contributed by atoms with E-state index in [1.54, 1.807) is 32.2 Å². The minimum absolute atomic E-state index is 0.0595. The Morgan fingerprint density at radius 1 is 1.04 bits per heavy atom. The van der Waals surface area contributed by atoms with E-state index in [4.69, 9.17) is 8.37 Å². The average Bonchev–Trinajstić information content (AvgIpc) is 3.59. The first kappa shape index (κ1) is 38.3. The van der Waals surface area contributed by atoms with E-state index >= 15 is 0 Å². The molecule has 0 aliphatic rings. The molecule has 1 unspecified atom stereocenters. The van der Waals surface area contributed by atoms with Crippen molar-refractivity contribution in [2.75, 3.05) is 22.6 Å². The van der Waals surface area contributed by atoms with Gasteiger partial charge >= 0.3 is 6.10 Å². The van der Waals surface area contributed by atoms with Crippen LogP contribution in [0.4, 0.5) is 17.2 Å². The fourth-order valence-electron chi connectivity index (χ4n) is 5.35. The second-order valence-corrected chi connectivity index (χ2v) is 12.0. The minimum Gasteiger partial charge on any atom is -0.380 e. The summed E-state index contributed by atoms with van der Waals surface area (Å²) in [5, 5.41) is 36.8. The summed E-state index contributed by atoms with van der Waals surface area (Å²) in [6.45, 7) is 9.46. The van der Waals surface area contributed by atoms with Gasteiger partial charge in [-0.15, -0.1) is 9.23 Å². The molecule has 0 fully saturated rings. The molecule has 3 heterocycles. The minimum atomic E-state index is -3.23. The monoisotopic (exact) mass is 719 g/mol. The third-order valence-corrected chi connectivity index (χ3v) is 8.14. The fraction of sp³-hybridized carbons (Fsp3) is 0.286. The number of aryl methyl sites for hydroxylation is 3. The number of hydrogen-bond acceptors (Lipinski definition) is 12. The zero-order valence-corrected chi connectivity index (χ0v) is 30.1. The maximum atomic E-state index is 13.8. The number of anilines is 3. The highest BCUT2D eigenvalue weighted by atomic mass is 32.1. The van der Waals surface area contributed by atoms with Crippen molar-refractivity contribution in [2.24, 2.45) is 7.05 Å². The molecule has 0 aliphatic heterocycles. The van der Waals surface area contributed by atoms with Crippen LogP contribution in [0.25, 0.3) is 11.3 Å². The topological polar surface area (TPSA) is 201 Å². The SMILES string of the molecule is CC.CCC(c1c(C=O)cc(C)nc1C(=O)Nc1cccc(C(=O)Nc2ccn(C(O)(O)O)n2)c1)N(C)c1ccc(-c2osn(C)oc2C)cc1. The molecule has 1 atom stereocenters. The standard InChI is InChI=1S/C33H35N7O8S.C2H6/c1-6-26(38(4)25-12-10-21(11-13-25)30-20(3)47-39(5)49-48-30)28-23(18-41)16-19(2)34-29(28)32(43)35-24-9-7-8-22(17-24)31(42)36-27-14-15-40(37-27)33(44,45)46;1-2/h7-18,26,44-46H,6H2,1-5H3,(H,35,43)(H,36,37,42);1-2H3. The van der Waals surface area contributed by atoms with Crippen LogP contribution < -0.4 is 15.5 Å². The van der Waals surface area contributed by atoms with Gasteiger partial charge in [0.2, 0.25) is 0 Å². The number of carbonyl (C=O) groups excluding carboxylic acids is 3. The smallest absolute Gasteiger partial charge is 0.380 e. The van der Waals surface area contributed by atoms with Crippen molar-refractivity contribution in [3.05, 3.63) is 101 Å². The number of aromatic nitrogens is 4. The van der Waals surface area contributed by atoms with Crippen LogP contribution in [-0.2, 0) is 13.1 Å². The van der Waals surface area contributed by atoms with Gasteiger partial charge in [-0.25, -0.2) is 4.98 Å². The van der Waals surface area contributed by atoms with Crippen molar-refractivity contribution in [3.8, 4) is 11.3 Å². The molecule has 51 heavy (non-hydrogen) atoms. The Labute approximate surface area is 298 Å². The van der Waals surface area contributed by atoms with E-state index in [9.17, 15) is 29.7 Å². The third kappa shape index (κ3) is 8.98. The number of pyridine rings is 1. The number of benzene rings is 2. The van der Waals surface area contributed by atoms with Crippen molar-refractivity contribution < 1.29 is 38.1 Å². The molecule has 0 saturated heterocycles. The number of hydrogen-bond donors (Lipinski definition) is 5. The summed E-state index contributed by atoms with van der Waals surface area (Å²) in [6.07, 6.45) is -0.931. The van der Waals surface area contributed by atoms with Crippen LogP contribution in [0, 0.1) is 13.8 Å². The van der Waals surface area contributed by atoms with Gasteiger partial charge in [0.25, 0.3) is 11.8 Å². The van der Waals surface area contributed by atoms with Crippen LogP contribution in [-0.4, -0.2) is 59.4 Å². The highest BCUT2D eigenvalue weighted by molar-refractivity contribution is 6.96. The summed E-state index contributed by atoms with van der Waals surface area (Å²) in [7, 11) is 3.62. The summed E-state index contributed by atoms with van der Waals surface area (Å²) in [5.41, 5.74) is 3.40. The first-order valence-corrected chi connectivity index (χ1v) is 16.7. The second kappa shape index (κ2) is 16.4. The molecular formula is C35H41N7O8S. The lowest BCUT2D eigenvalue weighted by atomic mass is 9.94. The molecule has 270 valence electrons. The Hall–Kier alpha value is -5.55. The number of aldehydes is 1. The maximum absolute atomic E-state index is 13.8. The largest absolute Gasteiger partial charge is 0.389 e. The predicted octanol–water partition coefficient (Wildman–Crippen LogP) is 5.75. The average molecular weight is 720 g/mol. The zero-order chi connectivity index (χ0) is 37.5. The Balaban J connectivity index is 0.00000286. The Bertz CT molecular complexity index is 2030. The number of nitrogens with zero attached hydrogens (tertiary/aromatic N) is 5. The van der Waals surface area contributed by atoms with Gasteiger partial charge in [0.15, 0.2) is 35.5 Å². The maximum Gasteiger partial charge on any atom is 0.389 e. The van der Waals surface area contributed by atoms with E-state index in [1.165, 1.54) is 22.3 Å². The molecule has 16 heteroatoms. The first-order valence-electron chi connectivity index (χ1n) is 16.0. The molecule has 0 bridgehead atoms. The lowest BCUT2D eigenvalue weighted by Crippen LogP contribution is -2.32. The van der Waals surface area contributed by atoms with Gasteiger partial charge in [-0.2, -0.15) is 4.68 Å². The lowest BCUT2D eigenvalue weighted by Gasteiger charge is -2.31. The molecule has 5 aromatic rings. The van der Waals surface area contributed by atoms with Crippen molar-refractivity contribution in [1.82, 2.24) is 18.9 Å². The van der Waals surface area contributed by atoms with Gasteiger partial charge in [0, 0.05) is 65.6 Å².